The molecule has 2 rings (SSSR count). The van der Waals surface area contributed by atoms with Crippen molar-refractivity contribution >= 4 is 6.29 Å². The number of hydrogen-bond donors (Lipinski definition) is 0. The van der Waals surface area contributed by atoms with Crippen LogP contribution in [-0.2, 0) is 23.7 Å². The minimum Gasteiger partial charge on any atom is -0.499 e. The van der Waals surface area contributed by atoms with E-state index in [1.54, 1.807) is 24.3 Å². The molecular formula is C21H24O7. The molecule has 1 aromatic rings. The summed E-state index contributed by atoms with van der Waals surface area (Å²) in [7, 11) is 0. The van der Waals surface area contributed by atoms with Crippen LogP contribution in [0, 0.1) is 0 Å². The second kappa shape index (κ2) is 10.8. The first-order valence-electron chi connectivity index (χ1n) is 8.57. The third-order valence-corrected chi connectivity index (χ3v) is 4.00. The van der Waals surface area contributed by atoms with Gasteiger partial charge in [-0.3, -0.25) is 4.79 Å². The molecule has 0 amide bonds. The maximum absolute atomic E-state index is 10.8. The Morgan fingerprint density at radius 3 is 2.04 bits per heavy atom. The van der Waals surface area contributed by atoms with Gasteiger partial charge in [-0.1, -0.05) is 26.3 Å². The van der Waals surface area contributed by atoms with Crippen LogP contribution in [0.1, 0.15) is 10.4 Å². The first kappa shape index (κ1) is 21.1. The van der Waals surface area contributed by atoms with E-state index in [0.717, 1.165) is 6.29 Å². The summed E-state index contributed by atoms with van der Waals surface area (Å²) in [6.45, 7) is 14.5. The average molecular weight is 388 g/mol. The Kier molecular flexibility index (Phi) is 8.17. The van der Waals surface area contributed by atoms with Gasteiger partial charge in [-0.05, 0) is 24.3 Å². The van der Waals surface area contributed by atoms with Gasteiger partial charge in [-0.25, -0.2) is 0 Å². The molecule has 1 fully saturated rings. The zero-order valence-corrected chi connectivity index (χ0v) is 15.5. The van der Waals surface area contributed by atoms with E-state index in [9.17, 15) is 4.79 Å². The van der Waals surface area contributed by atoms with Gasteiger partial charge < -0.3 is 28.4 Å². The van der Waals surface area contributed by atoms with Crippen LogP contribution in [0.3, 0.4) is 0 Å². The molecule has 0 N–H and O–H groups in total. The molecule has 0 spiro atoms. The van der Waals surface area contributed by atoms with Gasteiger partial charge in [0.1, 0.15) is 24.7 Å². The lowest BCUT2D eigenvalue weighted by atomic mass is 9.98. The molecule has 1 saturated heterocycles. The number of hydrogen-bond acceptors (Lipinski definition) is 7. The lowest BCUT2D eigenvalue weighted by molar-refractivity contribution is -0.279. The summed E-state index contributed by atoms with van der Waals surface area (Å²) < 4.78 is 34.1. The Morgan fingerprint density at radius 2 is 1.46 bits per heavy atom. The van der Waals surface area contributed by atoms with Crippen LogP contribution in [0.2, 0.25) is 0 Å². The maximum atomic E-state index is 10.8. The van der Waals surface area contributed by atoms with Crippen LogP contribution < -0.4 is 4.74 Å². The highest BCUT2D eigenvalue weighted by Crippen LogP contribution is 2.30. The summed E-state index contributed by atoms with van der Waals surface area (Å²) in [6.07, 6.45) is 2.44. The van der Waals surface area contributed by atoms with Crippen molar-refractivity contribution in [3.63, 3.8) is 0 Å². The Labute approximate surface area is 164 Å². The van der Waals surface area contributed by atoms with Gasteiger partial charge in [0.25, 0.3) is 0 Å². The van der Waals surface area contributed by atoms with Gasteiger partial charge in [-0.2, -0.15) is 0 Å². The second-order valence-corrected chi connectivity index (χ2v) is 5.65. The lowest BCUT2D eigenvalue weighted by Gasteiger charge is -2.44. The number of carbonyl (C=O) groups is 1. The predicted octanol–water partition coefficient (Wildman–Crippen LogP) is 3.35. The highest BCUT2D eigenvalue weighted by molar-refractivity contribution is 5.74. The van der Waals surface area contributed by atoms with Crippen molar-refractivity contribution < 1.29 is 33.2 Å². The first-order valence-corrected chi connectivity index (χ1v) is 8.57. The van der Waals surface area contributed by atoms with Crippen molar-refractivity contribution in [3.8, 4) is 5.75 Å². The van der Waals surface area contributed by atoms with Crippen molar-refractivity contribution in [2.75, 3.05) is 6.61 Å². The molecule has 28 heavy (non-hydrogen) atoms. The Morgan fingerprint density at radius 1 is 0.857 bits per heavy atom. The van der Waals surface area contributed by atoms with Crippen LogP contribution >= 0.6 is 0 Å². The summed E-state index contributed by atoms with van der Waals surface area (Å²) in [4.78, 5) is 10.8. The zero-order chi connectivity index (χ0) is 20.4. The van der Waals surface area contributed by atoms with Crippen LogP contribution in [0.15, 0.2) is 75.6 Å². The smallest absolute Gasteiger partial charge is 0.241 e. The van der Waals surface area contributed by atoms with Crippen LogP contribution in [0.4, 0.5) is 0 Å². The molecule has 1 aromatic carbocycles. The number of ether oxygens (including phenoxy) is 6. The van der Waals surface area contributed by atoms with Gasteiger partial charge in [0.15, 0.2) is 18.3 Å². The minimum atomic E-state index is -0.881. The highest BCUT2D eigenvalue weighted by Gasteiger charge is 2.51. The van der Waals surface area contributed by atoms with E-state index in [1.165, 1.54) is 25.0 Å². The van der Waals surface area contributed by atoms with Gasteiger partial charge >= 0.3 is 0 Å². The third kappa shape index (κ3) is 5.17. The van der Waals surface area contributed by atoms with Gasteiger partial charge in [0.05, 0.1) is 25.0 Å². The van der Waals surface area contributed by atoms with E-state index in [4.69, 9.17) is 28.4 Å². The number of aldehydes is 1. The topological polar surface area (TPSA) is 72.5 Å². The standard InChI is InChI=1S/C21H24O7/c1-5-23-14-17-18(24-6-2)19(25-7-3)20(26-8-4)21(28-17)27-16-11-9-15(13-22)10-12-16/h5-13,17-21H,1-4,14H2/t17-,18-,19+,20-,21?/m1/s1. The summed E-state index contributed by atoms with van der Waals surface area (Å²) in [5.41, 5.74) is 0.528. The molecule has 0 aliphatic carbocycles. The van der Waals surface area contributed by atoms with Crippen LogP contribution in [-0.4, -0.2) is 43.6 Å². The Hall–Kier alpha value is -3.19. The molecule has 1 aliphatic rings. The quantitative estimate of drug-likeness (QED) is 0.402. The van der Waals surface area contributed by atoms with Crippen molar-refractivity contribution in [2.24, 2.45) is 0 Å². The summed E-state index contributed by atoms with van der Waals surface area (Å²) in [5.74, 6) is 0.483. The molecule has 1 aliphatic heterocycles. The Balaban J connectivity index is 2.31. The average Bonchev–Trinajstić information content (AvgIpc) is 2.71. The second-order valence-electron chi connectivity index (χ2n) is 5.65. The van der Waals surface area contributed by atoms with E-state index in [1.807, 2.05) is 0 Å². The fourth-order valence-corrected chi connectivity index (χ4v) is 2.83. The van der Waals surface area contributed by atoms with Gasteiger partial charge in [-0.15, -0.1) is 0 Å². The molecular weight excluding hydrogens is 364 g/mol. The largest absolute Gasteiger partial charge is 0.499 e. The highest BCUT2D eigenvalue weighted by atomic mass is 16.7. The van der Waals surface area contributed by atoms with Crippen LogP contribution in [0.25, 0.3) is 0 Å². The molecule has 0 saturated carbocycles. The SMILES string of the molecule is C=COC[C@H]1OC(Oc2ccc(C=O)cc2)[C@H](OC=C)[C@@H](OC=C)[C@@H]1OC=C. The van der Waals surface area contributed by atoms with E-state index in [-0.39, 0.29) is 6.61 Å². The molecule has 7 heteroatoms. The van der Waals surface area contributed by atoms with Gasteiger partial charge in [0.2, 0.25) is 6.29 Å². The molecule has 1 unspecified atom stereocenters. The summed E-state index contributed by atoms with van der Waals surface area (Å²) in [5, 5.41) is 0. The van der Waals surface area contributed by atoms with Crippen molar-refractivity contribution in [2.45, 2.75) is 30.7 Å². The van der Waals surface area contributed by atoms with Gasteiger partial charge in [0, 0.05) is 5.56 Å². The number of carbonyl (C=O) groups excluding carboxylic acids is 1. The van der Waals surface area contributed by atoms with Crippen molar-refractivity contribution in [3.05, 3.63) is 81.2 Å². The number of benzene rings is 1. The zero-order valence-electron chi connectivity index (χ0n) is 15.5. The summed E-state index contributed by atoms with van der Waals surface area (Å²) in [6, 6.07) is 6.58. The molecule has 0 radical (unpaired) electrons. The van der Waals surface area contributed by atoms with Crippen molar-refractivity contribution in [1.82, 2.24) is 0 Å². The molecule has 150 valence electrons. The molecule has 0 aromatic heterocycles. The minimum absolute atomic E-state index is 0.143. The monoisotopic (exact) mass is 388 g/mol. The van der Waals surface area contributed by atoms with E-state index < -0.39 is 30.7 Å². The first-order chi connectivity index (χ1) is 13.7. The Bertz CT molecular complexity index is 670. The van der Waals surface area contributed by atoms with E-state index in [0.29, 0.717) is 11.3 Å². The van der Waals surface area contributed by atoms with Crippen LogP contribution in [0.5, 0.6) is 5.75 Å². The van der Waals surface area contributed by atoms with E-state index in [2.05, 4.69) is 26.3 Å². The molecule has 0 bridgehead atoms. The summed E-state index contributed by atoms with van der Waals surface area (Å²) >= 11 is 0. The normalized spacial score (nSPS) is 26.2. The fraction of sp³-hybridized carbons (Fsp3) is 0.286. The molecule has 5 atom stereocenters. The molecule has 7 nitrogen and oxygen atoms in total. The number of rotatable bonds is 12. The fourth-order valence-electron chi connectivity index (χ4n) is 2.83. The third-order valence-electron chi connectivity index (χ3n) is 4.00. The molecule has 1 heterocycles. The lowest BCUT2D eigenvalue weighted by Crippen LogP contribution is -2.61. The maximum Gasteiger partial charge on any atom is 0.241 e. The van der Waals surface area contributed by atoms with Crippen molar-refractivity contribution in [1.29, 1.82) is 0 Å². The predicted molar refractivity (Wildman–Crippen MR) is 102 cm³/mol. The van der Waals surface area contributed by atoms with E-state index >= 15 is 0 Å².